The van der Waals surface area contributed by atoms with E-state index in [4.69, 9.17) is 0 Å². The van der Waals surface area contributed by atoms with Crippen LogP contribution in [0.5, 0.6) is 0 Å². The average Bonchev–Trinajstić information content (AvgIpc) is 2.82. The lowest BCUT2D eigenvalue weighted by Crippen LogP contribution is -2.52. The second kappa shape index (κ2) is 12.9. The fourth-order valence-corrected chi connectivity index (χ4v) is 4.69. The maximum absolute atomic E-state index is 13.6. The second-order valence-corrected chi connectivity index (χ2v) is 10.7. The van der Waals surface area contributed by atoms with E-state index in [1.807, 2.05) is 26.0 Å². The van der Waals surface area contributed by atoms with Crippen LogP contribution in [0.3, 0.4) is 0 Å². The molecule has 0 unspecified atom stereocenters. The molecule has 0 saturated heterocycles. The zero-order valence-electron chi connectivity index (χ0n) is 21.5. The summed E-state index contributed by atoms with van der Waals surface area (Å²) in [6.45, 7) is 5.27. The van der Waals surface area contributed by atoms with Crippen LogP contribution in [-0.4, -0.2) is 50.5 Å². The van der Waals surface area contributed by atoms with Gasteiger partial charge in [-0.2, -0.15) is 13.2 Å². The smallest absolute Gasteiger partial charge is 0.354 e. The molecule has 0 saturated carbocycles. The van der Waals surface area contributed by atoms with Crippen LogP contribution in [0.15, 0.2) is 48.5 Å². The number of sulfonamides is 1. The molecule has 2 aromatic carbocycles. The van der Waals surface area contributed by atoms with Crippen LogP contribution in [0.25, 0.3) is 0 Å². The first-order chi connectivity index (χ1) is 17.3. The first-order valence-electron chi connectivity index (χ1n) is 12.1. The van der Waals surface area contributed by atoms with Crippen LogP contribution < -0.4 is 9.62 Å². The molecule has 1 N–H and O–H groups in total. The number of amides is 2. The predicted octanol–water partition coefficient (Wildman–Crippen LogP) is 4.50. The van der Waals surface area contributed by atoms with Crippen LogP contribution in [0.2, 0.25) is 0 Å². The van der Waals surface area contributed by atoms with Gasteiger partial charge >= 0.3 is 6.18 Å². The molecule has 7 nitrogen and oxygen atoms in total. The lowest BCUT2D eigenvalue weighted by Gasteiger charge is -2.33. The summed E-state index contributed by atoms with van der Waals surface area (Å²) in [5.74, 6) is -1.08. The third kappa shape index (κ3) is 8.48. The van der Waals surface area contributed by atoms with E-state index in [2.05, 4.69) is 5.32 Å². The van der Waals surface area contributed by atoms with Gasteiger partial charge in [-0.1, -0.05) is 50.6 Å². The van der Waals surface area contributed by atoms with Gasteiger partial charge in [-0.3, -0.25) is 13.9 Å². The number of hydrogen-bond donors (Lipinski definition) is 1. The summed E-state index contributed by atoms with van der Waals surface area (Å²) in [7, 11) is -4.14. The van der Waals surface area contributed by atoms with Crippen molar-refractivity contribution in [2.45, 2.75) is 58.8 Å². The van der Waals surface area contributed by atoms with Crippen molar-refractivity contribution in [2.24, 2.45) is 0 Å². The molecule has 2 rings (SSSR count). The average molecular weight is 542 g/mol. The van der Waals surface area contributed by atoms with E-state index < -0.39 is 40.3 Å². The fraction of sp³-hybridized carbons (Fsp3) is 0.462. The Labute approximate surface area is 216 Å². The SMILES string of the molecule is CCCCNC(=O)[C@H](CC)N(Cc1ccccc1C)C(=O)CN(c1cccc(C(F)(F)F)c1)S(C)(=O)=O. The molecule has 0 aliphatic heterocycles. The predicted molar refractivity (Wildman–Crippen MR) is 137 cm³/mol. The Balaban J connectivity index is 2.47. The molecule has 37 heavy (non-hydrogen) atoms. The molecule has 204 valence electrons. The van der Waals surface area contributed by atoms with Crippen molar-refractivity contribution in [1.82, 2.24) is 10.2 Å². The van der Waals surface area contributed by atoms with Crippen molar-refractivity contribution in [3.63, 3.8) is 0 Å². The zero-order valence-corrected chi connectivity index (χ0v) is 22.3. The van der Waals surface area contributed by atoms with E-state index in [0.29, 0.717) is 16.9 Å². The van der Waals surface area contributed by atoms with E-state index in [-0.39, 0.29) is 24.6 Å². The highest BCUT2D eigenvalue weighted by atomic mass is 32.2. The molecule has 2 amide bonds. The summed E-state index contributed by atoms with van der Waals surface area (Å²) in [4.78, 5) is 27.9. The molecule has 2 aromatic rings. The Bertz CT molecular complexity index is 1190. The number of carbonyl (C=O) groups excluding carboxylic acids is 2. The van der Waals surface area contributed by atoms with Crippen LogP contribution in [-0.2, 0) is 32.3 Å². The molecular formula is C26H34F3N3O4S. The Morgan fingerprint density at radius 3 is 2.30 bits per heavy atom. The molecule has 0 aliphatic carbocycles. The minimum atomic E-state index is -4.69. The zero-order chi connectivity index (χ0) is 27.8. The molecule has 1 atom stereocenters. The van der Waals surface area contributed by atoms with Gasteiger partial charge in [-0.25, -0.2) is 8.42 Å². The standard InChI is InChI=1S/C26H34F3N3O4S/c1-5-7-15-30-25(34)23(6-2)31(17-20-12-9-8-11-19(20)3)24(33)18-32(37(4,35)36)22-14-10-13-21(16-22)26(27,28)29/h8-14,16,23H,5-7,15,17-18H2,1-4H3,(H,30,34)/t23-/m0/s1. The van der Waals surface area contributed by atoms with Crippen LogP contribution >= 0.6 is 0 Å². The molecule has 0 aromatic heterocycles. The number of alkyl halides is 3. The Hall–Kier alpha value is -3.08. The van der Waals surface area contributed by atoms with Crippen molar-refractivity contribution < 1.29 is 31.2 Å². The van der Waals surface area contributed by atoms with E-state index in [1.54, 1.807) is 19.1 Å². The van der Waals surface area contributed by atoms with Gasteiger partial charge in [0.2, 0.25) is 21.8 Å². The third-order valence-electron chi connectivity index (χ3n) is 5.96. The van der Waals surface area contributed by atoms with Crippen LogP contribution in [0.4, 0.5) is 18.9 Å². The highest BCUT2D eigenvalue weighted by Crippen LogP contribution is 2.32. The van der Waals surface area contributed by atoms with Crippen LogP contribution in [0, 0.1) is 6.92 Å². The van der Waals surface area contributed by atoms with Gasteiger partial charge in [0.25, 0.3) is 0 Å². The maximum atomic E-state index is 13.6. The Morgan fingerprint density at radius 1 is 1.05 bits per heavy atom. The summed E-state index contributed by atoms with van der Waals surface area (Å²) in [5, 5.41) is 2.82. The summed E-state index contributed by atoms with van der Waals surface area (Å²) in [5.41, 5.74) is 0.312. The second-order valence-electron chi connectivity index (χ2n) is 8.83. The third-order valence-corrected chi connectivity index (χ3v) is 7.10. The minimum absolute atomic E-state index is 0.0331. The molecule has 0 fully saturated rings. The van der Waals surface area contributed by atoms with Crippen molar-refractivity contribution in [1.29, 1.82) is 0 Å². The summed E-state index contributed by atoms with van der Waals surface area (Å²) in [6.07, 6.45) is -1.99. The number of aryl methyl sites for hydroxylation is 1. The highest BCUT2D eigenvalue weighted by Gasteiger charge is 2.34. The minimum Gasteiger partial charge on any atom is -0.354 e. The number of anilines is 1. The number of hydrogen-bond acceptors (Lipinski definition) is 4. The number of benzene rings is 2. The van der Waals surface area contributed by atoms with Gasteiger partial charge in [0.15, 0.2) is 0 Å². The highest BCUT2D eigenvalue weighted by molar-refractivity contribution is 7.92. The number of nitrogens with zero attached hydrogens (tertiary/aromatic N) is 2. The largest absolute Gasteiger partial charge is 0.416 e. The number of nitrogens with one attached hydrogen (secondary N) is 1. The number of carbonyl (C=O) groups is 2. The van der Waals surface area contributed by atoms with E-state index >= 15 is 0 Å². The molecule has 11 heteroatoms. The normalized spacial score (nSPS) is 12.6. The fourth-order valence-electron chi connectivity index (χ4n) is 3.85. The first kappa shape index (κ1) is 30.1. The Morgan fingerprint density at radius 2 is 1.73 bits per heavy atom. The van der Waals surface area contributed by atoms with Gasteiger partial charge in [0.1, 0.15) is 12.6 Å². The van der Waals surface area contributed by atoms with Crippen molar-refractivity contribution in [3.8, 4) is 0 Å². The molecule has 0 aliphatic rings. The van der Waals surface area contributed by atoms with Gasteiger partial charge in [0, 0.05) is 13.1 Å². The lowest BCUT2D eigenvalue weighted by atomic mass is 10.1. The van der Waals surface area contributed by atoms with E-state index in [9.17, 15) is 31.2 Å². The van der Waals surface area contributed by atoms with Crippen molar-refractivity contribution in [3.05, 3.63) is 65.2 Å². The molecule has 0 spiro atoms. The van der Waals surface area contributed by atoms with Gasteiger partial charge < -0.3 is 10.2 Å². The topological polar surface area (TPSA) is 86.8 Å². The number of halogens is 3. The van der Waals surface area contributed by atoms with E-state index in [0.717, 1.165) is 42.4 Å². The molecule has 0 radical (unpaired) electrons. The molecular weight excluding hydrogens is 507 g/mol. The monoisotopic (exact) mass is 541 g/mol. The number of unbranched alkanes of at least 4 members (excludes halogenated alkanes) is 1. The Kier molecular flexibility index (Phi) is 10.5. The number of rotatable bonds is 12. The van der Waals surface area contributed by atoms with Gasteiger partial charge in [-0.15, -0.1) is 0 Å². The molecule has 0 heterocycles. The summed E-state index contributed by atoms with van der Waals surface area (Å²) < 4.78 is 65.7. The van der Waals surface area contributed by atoms with Gasteiger partial charge in [0.05, 0.1) is 17.5 Å². The van der Waals surface area contributed by atoms with Gasteiger partial charge in [-0.05, 0) is 49.1 Å². The maximum Gasteiger partial charge on any atom is 0.416 e. The van der Waals surface area contributed by atoms with Crippen molar-refractivity contribution >= 4 is 27.5 Å². The summed E-state index contributed by atoms with van der Waals surface area (Å²) in [6, 6.07) is 10.2. The summed E-state index contributed by atoms with van der Waals surface area (Å²) >= 11 is 0. The quantitative estimate of drug-likeness (QED) is 0.401. The molecule has 0 bridgehead atoms. The first-order valence-corrected chi connectivity index (χ1v) is 13.9. The van der Waals surface area contributed by atoms with E-state index in [1.165, 1.54) is 11.0 Å². The van der Waals surface area contributed by atoms with Crippen LogP contribution in [0.1, 0.15) is 49.8 Å². The van der Waals surface area contributed by atoms with Crippen molar-refractivity contribution in [2.75, 3.05) is 23.7 Å². The lowest BCUT2D eigenvalue weighted by molar-refractivity contribution is -0.140.